The first-order chi connectivity index (χ1) is 10.7. The summed E-state index contributed by atoms with van der Waals surface area (Å²) in [5.74, 6) is 0.869. The molecule has 0 aliphatic rings. The molecule has 7 nitrogen and oxygen atoms in total. The molecule has 0 saturated heterocycles. The zero-order valence-corrected chi connectivity index (χ0v) is 12.5. The van der Waals surface area contributed by atoms with Gasteiger partial charge in [0.05, 0.1) is 0 Å². The number of pyridine rings is 1. The van der Waals surface area contributed by atoms with Crippen molar-refractivity contribution in [3.8, 4) is 11.4 Å². The van der Waals surface area contributed by atoms with Gasteiger partial charge < -0.3 is 14.9 Å². The molecular formula is C15H20N4O3. The lowest BCUT2D eigenvalue weighted by Gasteiger charge is -2.12. The van der Waals surface area contributed by atoms with Gasteiger partial charge in [0.1, 0.15) is 0 Å². The molecule has 2 heterocycles. The fraction of sp³-hybridized carbons (Fsp3) is 0.467. The molecule has 118 valence electrons. The zero-order valence-electron chi connectivity index (χ0n) is 12.5. The molecule has 2 rings (SSSR count). The third-order valence-corrected chi connectivity index (χ3v) is 3.18. The van der Waals surface area contributed by atoms with E-state index >= 15 is 0 Å². The lowest BCUT2D eigenvalue weighted by molar-refractivity contribution is -0.121. The molecule has 2 N–H and O–H groups in total. The maximum atomic E-state index is 11.8. The van der Waals surface area contributed by atoms with Crippen LogP contribution in [0.15, 0.2) is 29.0 Å². The van der Waals surface area contributed by atoms with Crippen LogP contribution in [0.5, 0.6) is 0 Å². The number of aryl methyl sites for hydroxylation is 1. The molecule has 0 aromatic carbocycles. The molecule has 1 atom stereocenters. The molecule has 0 fully saturated rings. The molecule has 0 saturated carbocycles. The van der Waals surface area contributed by atoms with Gasteiger partial charge in [-0.2, -0.15) is 4.98 Å². The quantitative estimate of drug-likeness (QED) is 0.763. The van der Waals surface area contributed by atoms with Gasteiger partial charge in [-0.05, 0) is 31.9 Å². The molecule has 1 unspecified atom stereocenters. The van der Waals surface area contributed by atoms with Crippen molar-refractivity contribution in [2.75, 3.05) is 6.61 Å². The minimum absolute atomic E-state index is 0.0507. The molecule has 0 aliphatic heterocycles. The Morgan fingerprint density at radius 2 is 2.18 bits per heavy atom. The van der Waals surface area contributed by atoms with Crippen molar-refractivity contribution in [1.29, 1.82) is 0 Å². The van der Waals surface area contributed by atoms with Gasteiger partial charge in [0.15, 0.2) is 0 Å². The average molecular weight is 304 g/mol. The number of aromatic nitrogens is 3. The van der Waals surface area contributed by atoms with E-state index in [2.05, 4.69) is 20.4 Å². The largest absolute Gasteiger partial charge is 0.396 e. The SMILES string of the molecule is CC(CCCO)NC(=O)CCc1nc(-c2ccncc2)no1. The number of carbonyl (C=O) groups excluding carboxylic acids is 1. The van der Waals surface area contributed by atoms with E-state index < -0.39 is 0 Å². The molecule has 2 aromatic heterocycles. The maximum Gasteiger partial charge on any atom is 0.227 e. The number of aliphatic hydroxyl groups excluding tert-OH is 1. The Labute approximate surface area is 128 Å². The van der Waals surface area contributed by atoms with Gasteiger partial charge in [0.25, 0.3) is 0 Å². The van der Waals surface area contributed by atoms with E-state index in [9.17, 15) is 4.79 Å². The topological polar surface area (TPSA) is 101 Å². The minimum Gasteiger partial charge on any atom is -0.396 e. The van der Waals surface area contributed by atoms with Crippen LogP contribution in [-0.4, -0.2) is 38.8 Å². The van der Waals surface area contributed by atoms with Gasteiger partial charge in [-0.25, -0.2) is 0 Å². The standard InChI is InChI=1S/C15H20N4O3/c1-11(3-2-10-20)17-13(21)4-5-14-18-15(19-22-14)12-6-8-16-9-7-12/h6-9,11,20H,2-5,10H2,1H3,(H,17,21). The fourth-order valence-electron chi connectivity index (χ4n) is 2.01. The number of amides is 1. The Morgan fingerprint density at radius 1 is 1.41 bits per heavy atom. The van der Waals surface area contributed by atoms with Crippen LogP contribution in [0, 0.1) is 0 Å². The second kappa shape index (κ2) is 8.23. The van der Waals surface area contributed by atoms with Crippen LogP contribution in [0.2, 0.25) is 0 Å². The first kappa shape index (κ1) is 16.1. The average Bonchev–Trinajstić information content (AvgIpc) is 3.01. The van der Waals surface area contributed by atoms with Crippen molar-refractivity contribution >= 4 is 5.91 Å². The summed E-state index contributed by atoms with van der Waals surface area (Å²) in [6.45, 7) is 2.06. The summed E-state index contributed by atoms with van der Waals surface area (Å²) in [7, 11) is 0. The molecule has 2 aromatic rings. The van der Waals surface area contributed by atoms with Gasteiger partial charge >= 0.3 is 0 Å². The molecule has 0 radical (unpaired) electrons. The third kappa shape index (κ3) is 4.92. The van der Waals surface area contributed by atoms with Crippen LogP contribution in [0.1, 0.15) is 32.1 Å². The Bertz CT molecular complexity index is 585. The van der Waals surface area contributed by atoms with Crippen LogP contribution >= 0.6 is 0 Å². The predicted octanol–water partition coefficient (Wildman–Crippen LogP) is 1.34. The Morgan fingerprint density at radius 3 is 2.91 bits per heavy atom. The summed E-state index contributed by atoms with van der Waals surface area (Å²) in [5, 5.41) is 15.5. The highest BCUT2D eigenvalue weighted by Gasteiger charge is 2.12. The van der Waals surface area contributed by atoms with E-state index in [0.717, 1.165) is 12.0 Å². The number of carbonyl (C=O) groups is 1. The van der Waals surface area contributed by atoms with Gasteiger partial charge in [0.2, 0.25) is 17.6 Å². The monoisotopic (exact) mass is 304 g/mol. The third-order valence-electron chi connectivity index (χ3n) is 3.18. The summed E-state index contributed by atoms with van der Waals surface area (Å²) >= 11 is 0. The first-order valence-electron chi connectivity index (χ1n) is 7.32. The van der Waals surface area contributed by atoms with Crippen molar-refractivity contribution in [2.45, 2.75) is 38.6 Å². The second-order valence-electron chi connectivity index (χ2n) is 5.08. The molecule has 0 bridgehead atoms. The van der Waals surface area contributed by atoms with E-state index in [1.54, 1.807) is 24.5 Å². The lowest BCUT2D eigenvalue weighted by Crippen LogP contribution is -2.32. The van der Waals surface area contributed by atoms with E-state index in [4.69, 9.17) is 9.63 Å². The number of hydrogen-bond acceptors (Lipinski definition) is 6. The van der Waals surface area contributed by atoms with E-state index in [1.165, 1.54) is 0 Å². The van der Waals surface area contributed by atoms with Gasteiger partial charge in [-0.15, -0.1) is 0 Å². The summed E-state index contributed by atoms with van der Waals surface area (Å²) in [5.41, 5.74) is 0.826. The number of nitrogens with zero attached hydrogens (tertiary/aromatic N) is 3. The van der Waals surface area contributed by atoms with Crippen LogP contribution < -0.4 is 5.32 Å². The summed E-state index contributed by atoms with van der Waals surface area (Å²) < 4.78 is 5.14. The number of hydrogen-bond donors (Lipinski definition) is 2. The molecule has 1 amide bonds. The van der Waals surface area contributed by atoms with Crippen LogP contribution in [-0.2, 0) is 11.2 Å². The minimum atomic E-state index is -0.0610. The van der Waals surface area contributed by atoms with Gasteiger partial charge in [-0.3, -0.25) is 9.78 Å². The lowest BCUT2D eigenvalue weighted by atomic mass is 10.2. The normalized spacial score (nSPS) is 12.1. The summed E-state index contributed by atoms with van der Waals surface area (Å²) in [4.78, 5) is 20.0. The van der Waals surface area contributed by atoms with Crippen LogP contribution in [0.25, 0.3) is 11.4 Å². The Kier molecular flexibility index (Phi) is 6.02. The smallest absolute Gasteiger partial charge is 0.227 e. The highest BCUT2D eigenvalue weighted by molar-refractivity contribution is 5.76. The number of aliphatic hydroxyl groups is 1. The predicted molar refractivity (Wildman–Crippen MR) is 79.8 cm³/mol. The maximum absolute atomic E-state index is 11.8. The van der Waals surface area contributed by atoms with Crippen LogP contribution in [0.3, 0.4) is 0 Å². The molecule has 22 heavy (non-hydrogen) atoms. The summed E-state index contributed by atoms with van der Waals surface area (Å²) in [6.07, 6.45) is 5.45. The highest BCUT2D eigenvalue weighted by atomic mass is 16.5. The zero-order chi connectivity index (χ0) is 15.8. The first-order valence-corrected chi connectivity index (χ1v) is 7.32. The number of nitrogens with one attached hydrogen (secondary N) is 1. The highest BCUT2D eigenvalue weighted by Crippen LogP contribution is 2.14. The van der Waals surface area contributed by atoms with Crippen molar-refractivity contribution in [3.63, 3.8) is 0 Å². The molecule has 0 aliphatic carbocycles. The van der Waals surface area contributed by atoms with Crippen molar-refractivity contribution in [1.82, 2.24) is 20.4 Å². The van der Waals surface area contributed by atoms with Crippen molar-refractivity contribution < 1.29 is 14.4 Å². The van der Waals surface area contributed by atoms with Crippen LogP contribution in [0.4, 0.5) is 0 Å². The van der Waals surface area contributed by atoms with Gasteiger partial charge in [0, 0.05) is 43.4 Å². The van der Waals surface area contributed by atoms with E-state index in [0.29, 0.717) is 31.0 Å². The Hall–Kier alpha value is -2.28. The van der Waals surface area contributed by atoms with Crippen molar-refractivity contribution in [3.05, 3.63) is 30.4 Å². The fourth-order valence-corrected chi connectivity index (χ4v) is 2.01. The molecule has 7 heteroatoms. The Balaban J connectivity index is 1.80. The summed E-state index contributed by atoms with van der Waals surface area (Å²) in [6, 6.07) is 3.64. The molecule has 0 spiro atoms. The van der Waals surface area contributed by atoms with E-state index in [1.807, 2.05) is 6.92 Å². The molecular weight excluding hydrogens is 284 g/mol. The number of rotatable bonds is 8. The van der Waals surface area contributed by atoms with Gasteiger partial charge in [-0.1, -0.05) is 5.16 Å². The van der Waals surface area contributed by atoms with Crippen molar-refractivity contribution in [2.24, 2.45) is 0 Å². The van der Waals surface area contributed by atoms with E-state index in [-0.39, 0.29) is 18.6 Å². The second-order valence-corrected chi connectivity index (χ2v) is 5.08.